The van der Waals surface area contributed by atoms with Crippen LogP contribution >= 0.6 is 0 Å². The van der Waals surface area contributed by atoms with E-state index in [-0.39, 0.29) is 0 Å². The minimum atomic E-state index is 0.458. The van der Waals surface area contributed by atoms with Gasteiger partial charge < -0.3 is 5.73 Å². The summed E-state index contributed by atoms with van der Waals surface area (Å²) >= 11 is 0. The van der Waals surface area contributed by atoms with Gasteiger partial charge in [-0.3, -0.25) is 0 Å². The Labute approximate surface area is 76.7 Å². The molecule has 0 aromatic rings. The fourth-order valence-corrected chi connectivity index (χ4v) is 2.33. The van der Waals surface area contributed by atoms with Gasteiger partial charge in [-0.25, -0.2) is 0 Å². The highest BCUT2D eigenvalue weighted by Gasteiger charge is 2.33. The highest BCUT2D eigenvalue weighted by Crippen LogP contribution is 2.40. The third-order valence-corrected chi connectivity index (χ3v) is 3.51. The van der Waals surface area contributed by atoms with Crippen molar-refractivity contribution in [1.82, 2.24) is 0 Å². The van der Waals surface area contributed by atoms with Crippen molar-refractivity contribution in [2.75, 3.05) is 0 Å². The number of hydrogen-bond donors (Lipinski definition) is 1. The first-order valence-corrected chi connectivity index (χ1v) is 5.44. The minimum absolute atomic E-state index is 0.458. The zero-order chi connectivity index (χ0) is 9.03. The molecule has 1 atom stereocenters. The fourth-order valence-electron chi connectivity index (χ4n) is 2.33. The van der Waals surface area contributed by atoms with Gasteiger partial charge in [0.05, 0.1) is 0 Å². The molecule has 0 amide bonds. The number of hydrogen-bond acceptors (Lipinski definition) is 1. The van der Waals surface area contributed by atoms with Crippen molar-refractivity contribution >= 4 is 0 Å². The Morgan fingerprint density at radius 1 is 1.33 bits per heavy atom. The molecular formula is C11H23N. The molecule has 0 aliphatic heterocycles. The van der Waals surface area contributed by atoms with Crippen LogP contribution in [0.1, 0.15) is 58.8 Å². The summed E-state index contributed by atoms with van der Waals surface area (Å²) < 4.78 is 0. The maximum Gasteiger partial charge on any atom is 0.00929 e. The first-order valence-electron chi connectivity index (χ1n) is 5.44. The lowest BCUT2D eigenvalue weighted by molar-refractivity contribution is 0.247. The summed E-state index contributed by atoms with van der Waals surface area (Å²) in [6.45, 7) is 4.62. The molecule has 0 saturated heterocycles. The molecule has 1 aliphatic rings. The smallest absolute Gasteiger partial charge is 0.00929 e. The van der Waals surface area contributed by atoms with E-state index in [2.05, 4.69) is 13.8 Å². The maximum absolute atomic E-state index is 6.20. The largest absolute Gasteiger partial charge is 0.327 e. The topological polar surface area (TPSA) is 26.0 Å². The molecule has 0 aromatic carbocycles. The number of nitrogens with two attached hydrogens (primary N) is 1. The van der Waals surface area contributed by atoms with Crippen molar-refractivity contribution in [2.24, 2.45) is 11.1 Å². The van der Waals surface area contributed by atoms with E-state index < -0.39 is 0 Å². The highest BCUT2D eigenvalue weighted by atomic mass is 14.7. The quantitative estimate of drug-likeness (QED) is 0.687. The van der Waals surface area contributed by atoms with Gasteiger partial charge >= 0.3 is 0 Å². The van der Waals surface area contributed by atoms with Crippen LogP contribution in [-0.2, 0) is 0 Å². The lowest BCUT2D eigenvalue weighted by Gasteiger charge is -2.31. The molecule has 0 aromatic heterocycles. The predicted octanol–water partition coefficient (Wildman–Crippen LogP) is 3.08. The maximum atomic E-state index is 6.20. The van der Waals surface area contributed by atoms with Gasteiger partial charge in [-0.15, -0.1) is 0 Å². The van der Waals surface area contributed by atoms with E-state index in [4.69, 9.17) is 5.73 Å². The van der Waals surface area contributed by atoms with Crippen LogP contribution < -0.4 is 5.73 Å². The summed E-state index contributed by atoms with van der Waals surface area (Å²) in [5.74, 6) is 0. The Morgan fingerprint density at radius 2 is 1.92 bits per heavy atom. The second-order valence-electron chi connectivity index (χ2n) is 4.61. The van der Waals surface area contributed by atoms with Crippen LogP contribution in [0.5, 0.6) is 0 Å². The monoisotopic (exact) mass is 169 g/mol. The zero-order valence-corrected chi connectivity index (χ0v) is 8.60. The Kier molecular flexibility index (Phi) is 3.57. The molecule has 1 nitrogen and oxygen atoms in total. The van der Waals surface area contributed by atoms with E-state index in [0.29, 0.717) is 11.5 Å². The SMILES string of the molecule is CCCCC(N)C1(C)CCCC1. The fraction of sp³-hybridized carbons (Fsp3) is 1.00. The summed E-state index contributed by atoms with van der Waals surface area (Å²) in [5, 5.41) is 0. The first kappa shape index (κ1) is 10.0. The van der Waals surface area contributed by atoms with Gasteiger partial charge in [0.2, 0.25) is 0 Å². The van der Waals surface area contributed by atoms with Crippen LogP contribution in [0.25, 0.3) is 0 Å². The van der Waals surface area contributed by atoms with Gasteiger partial charge in [-0.05, 0) is 24.7 Å². The normalized spacial score (nSPS) is 24.2. The molecule has 0 radical (unpaired) electrons. The first-order chi connectivity index (χ1) is 5.69. The molecule has 12 heavy (non-hydrogen) atoms. The molecule has 0 heterocycles. The average Bonchev–Trinajstić information content (AvgIpc) is 2.49. The van der Waals surface area contributed by atoms with Crippen molar-refractivity contribution in [3.63, 3.8) is 0 Å². The molecule has 1 heteroatoms. The Bertz CT molecular complexity index is 125. The molecule has 1 unspecified atom stereocenters. The molecule has 0 spiro atoms. The van der Waals surface area contributed by atoms with Crippen LogP contribution in [0.15, 0.2) is 0 Å². The van der Waals surface area contributed by atoms with E-state index in [9.17, 15) is 0 Å². The third-order valence-electron chi connectivity index (χ3n) is 3.51. The average molecular weight is 169 g/mol. The summed E-state index contributed by atoms with van der Waals surface area (Å²) in [7, 11) is 0. The molecule has 1 saturated carbocycles. The Morgan fingerprint density at radius 3 is 2.42 bits per heavy atom. The number of rotatable bonds is 4. The van der Waals surface area contributed by atoms with E-state index >= 15 is 0 Å². The molecule has 2 N–H and O–H groups in total. The molecule has 1 aliphatic carbocycles. The molecule has 0 bridgehead atoms. The summed E-state index contributed by atoms with van der Waals surface area (Å²) in [5.41, 5.74) is 6.68. The third kappa shape index (κ3) is 2.22. The van der Waals surface area contributed by atoms with Gasteiger partial charge in [-0.1, -0.05) is 39.5 Å². The van der Waals surface area contributed by atoms with Crippen molar-refractivity contribution < 1.29 is 0 Å². The van der Waals surface area contributed by atoms with Crippen molar-refractivity contribution in [2.45, 2.75) is 64.8 Å². The molecule has 72 valence electrons. The van der Waals surface area contributed by atoms with Crippen LogP contribution in [0.4, 0.5) is 0 Å². The van der Waals surface area contributed by atoms with Crippen LogP contribution in [0, 0.1) is 5.41 Å². The van der Waals surface area contributed by atoms with E-state index in [1.807, 2.05) is 0 Å². The standard InChI is InChI=1S/C11H23N/c1-3-4-7-10(12)11(2)8-5-6-9-11/h10H,3-9,12H2,1-2H3. The second-order valence-corrected chi connectivity index (χ2v) is 4.61. The predicted molar refractivity (Wildman–Crippen MR) is 54.1 cm³/mol. The number of unbranched alkanes of at least 4 members (excludes halogenated alkanes) is 1. The van der Waals surface area contributed by atoms with E-state index in [1.54, 1.807) is 0 Å². The molecule has 1 rings (SSSR count). The summed E-state index contributed by atoms with van der Waals surface area (Å²) in [6, 6.07) is 0.458. The van der Waals surface area contributed by atoms with Crippen molar-refractivity contribution in [3.05, 3.63) is 0 Å². The van der Waals surface area contributed by atoms with Crippen molar-refractivity contribution in [1.29, 1.82) is 0 Å². The van der Waals surface area contributed by atoms with Crippen LogP contribution in [0.2, 0.25) is 0 Å². The Hall–Kier alpha value is -0.0400. The van der Waals surface area contributed by atoms with Gasteiger partial charge in [-0.2, -0.15) is 0 Å². The molecular weight excluding hydrogens is 146 g/mol. The van der Waals surface area contributed by atoms with Crippen molar-refractivity contribution in [3.8, 4) is 0 Å². The van der Waals surface area contributed by atoms with Gasteiger partial charge in [0.25, 0.3) is 0 Å². The highest BCUT2D eigenvalue weighted by molar-refractivity contribution is 4.89. The Balaban J connectivity index is 2.33. The summed E-state index contributed by atoms with van der Waals surface area (Å²) in [6.07, 6.45) is 9.33. The van der Waals surface area contributed by atoms with Gasteiger partial charge in [0, 0.05) is 6.04 Å². The minimum Gasteiger partial charge on any atom is -0.327 e. The van der Waals surface area contributed by atoms with E-state index in [0.717, 1.165) is 0 Å². The van der Waals surface area contributed by atoms with Gasteiger partial charge in [0.1, 0.15) is 0 Å². The van der Waals surface area contributed by atoms with Crippen LogP contribution in [-0.4, -0.2) is 6.04 Å². The summed E-state index contributed by atoms with van der Waals surface area (Å²) in [4.78, 5) is 0. The van der Waals surface area contributed by atoms with E-state index in [1.165, 1.54) is 44.9 Å². The lowest BCUT2D eigenvalue weighted by atomic mass is 9.79. The van der Waals surface area contributed by atoms with Crippen LogP contribution in [0.3, 0.4) is 0 Å². The lowest BCUT2D eigenvalue weighted by Crippen LogP contribution is -2.37. The second kappa shape index (κ2) is 4.27. The van der Waals surface area contributed by atoms with Gasteiger partial charge in [0.15, 0.2) is 0 Å². The zero-order valence-electron chi connectivity index (χ0n) is 8.60. The molecule has 1 fully saturated rings.